The first-order valence-corrected chi connectivity index (χ1v) is 17.1. The Morgan fingerprint density at radius 2 is 1.44 bits per heavy atom. The molecule has 4 fully saturated rings. The minimum Gasteiger partial charge on any atom is -0.477 e. The van der Waals surface area contributed by atoms with Crippen molar-refractivity contribution in [3.8, 4) is 12.1 Å². The second kappa shape index (κ2) is 12.8. The predicted octanol–water partition coefficient (Wildman–Crippen LogP) is 5.03. The molecular weight excluding hydrogens is 681 g/mol. The lowest BCUT2D eigenvalue weighted by Gasteiger charge is -2.24. The van der Waals surface area contributed by atoms with Gasteiger partial charge in [-0.05, 0) is 69.9 Å². The van der Waals surface area contributed by atoms with Gasteiger partial charge in [0.25, 0.3) is 0 Å². The number of carbonyl (C=O) groups is 2. The number of aromatic nitrogens is 2. The highest BCUT2D eigenvalue weighted by atomic mass is 19.2. The van der Waals surface area contributed by atoms with Crippen LogP contribution in [0.1, 0.15) is 95.8 Å². The van der Waals surface area contributed by atoms with Gasteiger partial charge in [-0.3, -0.25) is 9.59 Å². The van der Waals surface area contributed by atoms with Gasteiger partial charge in [0.15, 0.2) is 11.6 Å². The Kier molecular flexibility index (Phi) is 8.58. The van der Waals surface area contributed by atoms with E-state index < -0.39 is 51.4 Å². The van der Waals surface area contributed by atoms with Crippen molar-refractivity contribution in [3.05, 3.63) is 84.7 Å². The van der Waals surface area contributed by atoms with Gasteiger partial charge in [-0.15, -0.1) is 0 Å². The van der Waals surface area contributed by atoms with Crippen molar-refractivity contribution in [3.63, 3.8) is 0 Å². The first-order chi connectivity index (χ1) is 24.8. The lowest BCUT2D eigenvalue weighted by molar-refractivity contribution is 0.0523. The van der Waals surface area contributed by atoms with E-state index >= 15 is 4.39 Å². The summed E-state index contributed by atoms with van der Waals surface area (Å²) in [6.45, 7) is 2.86. The van der Waals surface area contributed by atoms with E-state index in [9.17, 15) is 38.3 Å². The van der Waals surface area contributed by atoms with Gasteiger partial charge in [-0.25, -0.2) is 22.8 Å². The molecule has 12 nitrogen and oxygen atoms in total. The number of ether oxygens (including phenoxy) is 1. The Labute approximate surface area is 294 Å². The maximum atomic E-state index is 15.2. The molecule has 3 aliphatic carbocycles. The van der Waals surface area contributed by atoms with Crippen molar-refractivity contribution < 1.29 is 32.6 Å². The van der Waals surface area contributed by atoms with E-state index in [1.54, 1.807) is 17.6 Å². The number of carboxylic acid groups (broad SMARTS) is 1. The number of anilines is 1. The lowest BCUT2D eigenvalue weighted by Crippen LogP contribution is -2.35. The van der Waals surface area contributed by atoms with Crippen LogP contribution in [0.15, 0.2) is 34.1 Å². The molecule has 3 saturated carbocycles. The standard InChI is InChI=1S/C21H21FN4O3.C16H12F2N2O3/c22-16-7-13-17(26(12-1-2-12)10-15(19(13)27)20(28)29)14(8-23)18(16)25-6-3-11(9-25)21(24)4-5-21;1-2-23-16(22)11-7-20(8-3-4-8)14-9(15(11)21)5-12(17)13(18)10(14)6-19/h7,10-12H,1-6,9,24H2,(H,28,29);5,7-8H,2-4H2,1H3/t11-;/m1./s1. The normalized spacial score (nSPS) is 18.8. The van der Waals surface area contributed by atoms with E-state index in [0.717, 1.165) is 57.1 Å². The number of pyridine rings is 2. The number of halogens is 3. The Bertz CT molecular complexity index is 2420. The highest BCUT2D eigenvalue weighted by Gasteiger charge is 2.48. The highest BCUT2D eigenvalue weighted by molar-refractivity contribution is 5.97. The van der Waals surface area contributed by atoms with Crippen LogP contribution in [-0.2, 0) is 4.74 Å². The zero-order valence-corrected chi connectivity index (χ0v) is 28.0. The molecule has 3 heterocycles. The highest BCUT2D eigenvalue weighted by Crippen LogP contribution is 2.46. The molecule has 4 aliphatic rings. The van der Waals surface area contributed by atoms with Crippen LogP contribution in [0.5, 0.6) is 0 Å². The van der Waals surface area contributed by atoms with Crippen molar-refractivity contribution in [2.75, 3.05) is 24.6 Å². The van der Waals surface area contributed by atoms with Crippen LogP contribution in [0.4, 0.5) is 18.9 Å². The SMILES string of the molecule is CCOC(=O)c1cn(C2CC2)c2c(C#N)c(F)c(F)cc2c1=O.N#Cc1c(N2CC[C@@H](C3(N)CC3)C2)c(F)cc2c(=O)c(C(=O)O)cn(C3CC3)c12. The average Bonchev–Trinajstić information content (AvgIpc) is 4.03. The summed E-state index contributed by atoms with van der Waals surface area (Å²) in [6.07, 6.45) is 8.55. The van der Waals surface area contributed by atoms with Crippen molar-refractivity contribution in [2.24, 2.45) is 11.7 Å². The number of hydrogen-bond donors (Lipinski definition) is 2. The first kappa shape index (κ1) is 34.8. The van der Waals surface area contributed by atoms with Crippen LogP contribution in [0.3, 0.4) is 0 Å². The van der Waals surface area contributed by atoms with Crippen LogP contribution in [0.2, 0.25) is 0 Å². The molecular formula is C37H33F3N6O6. The lowest BCUT2D eigenvalue weighted by atomic mass is 9.97. The van der Waals surface area contributed by atoms with Gasteiger partial charge in [-0.2, -0.15) is 10.5 Å². The molecule has 0 amide bonds. The Morgan fingerprint density at radius 3 is 1.96 bits per heavy atom. The molecule has 0 spiro atoms. The second-order valence-corrected chi connectivity index (χ2v) is 13.9. The van der Waals surface area contributed by atoms with Crippen LogP contribution < -0.4 is 21.5 Å². The minimum absolute atomic E-state index is 0.0201. The maximum absolute atomic E-state index is 15.2. The summed E-state index contributed by atoms with van der Waals surface area (Å²) in [4.78, 5) is 50.5. The molecule has 1 saturated heterocycles. The molecule has 3 N–H and O–H groups in total. The van der Waals surface area contributed by atoms with Crippen molar-refractivity contribution in [1.82, 2.24) is 9.13 Å². The largest absolute Gasteiger partial charge is 0.477 e. The molecule has 2 aromatic heterocycles. The number of nitrogens with two attached hydrogens (primary N) is 1. The maximum Gasteiger partial charge on any atom is 0.343 e. The molecule has 0 unspecified atom stereocenters. The molecule has 15 heteroatoms. The predicted molar refractivity (Wildman–Crippen MR) is 182 cm³/mol. The summed E-state index contributed by atoms with van der Waals surface area (Å²) in [6, 6.07) is 5.51. The molecule has 1 atom stereocenters. The molecule has 1 aliphatic heterocycles. The topological polar surface area (TPSA) is 184 Å². The quantitative estimate of drug-likeness (QED) is 0.246. The fourth-order valence-electron chi connectivity index (χ4n) is 7.23. The molecule has 2 aromatic carbocycles. The molecule has 0 radical (unpaired) electrons. The number of esters is 1. The van der Waals surface area contributed by atoms with Crippen LogP contribution in [-0.4, -0.2) is 51.4 Å². The number of nitriles is 2. The van der Waals surface area contributed by atoms with E-state index in [1.807, 2.05) is 4.90 Å². The number of hydrogen-bond acceptors (Lipinski definition) is 9. The van der Waals surface area contributed by atoms with Crippen LogP contribution in [0.25, 0.3) is 21.8 Å². The number of benzene rings is 2. The Balaban J connectivity index is 0.000000167. The van der Waals surface area contributed by atoms with Gasteiger partial charge >= 0.3 is 11.9 Å². The average molecular weight is 715 g/mol. The molecule has 268 valence electrons. The summed E-state index contributed by atoms with van der Waals surface area (Å²) < 4.78 is 50.8. The minimum atomic E-state index is -1.35. The number of fused-ring (bicyclic) bond motifs is 2. The summed E-state index contributed by atoms with van der Waals surface area (Å²) in [5.41, 5.74) is 4.10. The molecule has 8 rings (SSSR count). The van der Waals surface area contributed by atoms with Crippen molar-refractivity contribution in [1.29, 1.82) is 10.5 Å². The Hall–Kier alpha value is -5.67. The molecule has 52 heavy (non-hydrogen) atoms. The van der Waals surface area contributed by atoms with Gasteiger partial charge in [-0.1, -0.05) is 0 Å². The van der Waals surface area contributed by atoms with Gasteiger partial charge < -0.3 is 29.6 Å². The van der Waals surface area contributed by atoms with E-state index in [1.165, 1.54) is 17.0 Å². The van der Waals surface area contributed by atoms with E-state index in [-0.39, 0.29) is 63.3 Å². The van der Waals surface area contributed by atoms with Gasteiger partial charge in [0, 0.05) is 43.1 Å². The molecule has 4 aromatic rings. The first-order valence-electron chi connectivity index (χ1n) is 17.1. The number of aromatic carboxylic acids is 1. The second-order valence-electron chi connectivity index (χ2n) is 13.9. The summed E-state index contributed by atoms with van der Waals surface area (Å²) >= 11 is 0. The summed E-state index contributed by atoms with van der Waals surface area (Å²) in [5, 5.41) is 28.2. The number of nitrogens with zero attached hydrogens (tertiary/aromatic N) is 5. The van der Waals surface area contributed by atoms with Crippen LogP contribution >= 0.6 is 0 Å². The Morgan fingerprint density at radius 1 is 0.904 bits per heavy atom. The fraction of sp³-hybridized carbons (Fsp3) is 0.405. The van der Waals surface area contributed by atoms with E-state index in [0.29, 0.717) is 18.6 Å². The van der Waals surface area contributed by atoms with Crippen LogP contribution in [0, 0.1) is 46.0 Å². The monoisotopic (exact) mass is 714 g/mol. The zero-order chi connectivity index (χ0) is 37.2. The third-order valence-electron chi connectivity index (χ3n) is 10.4. The zero-order valence-electron chi connectivity index (χ0n) is 28.0. The van der Waals surface area contributed by atoms with Gasteiger partial charge in [0.2, 0.25) is 10.9 Å². The number of rotatable bonds is 7. The smallest absolute Gasteiger partial charge is 0.343 e. The van der Waals surface area contributed by atoms with Crippen molar-refractivity contribution >= 4 is 39.4 Å². The number of carbonyl (C=O) groups excluding carboxylic acids is 1. The van der Waals surface area contributed by atoms with Crippen molar-refractivity contribution in [2.45, 2.75) is 69.5 Å². The summed E-state index contributed by atoms with van der Waals surface area (Å²) in [5.74, 6) is -5.18. The fourth-order valence-corrected chi connectivity index (χ4v) is 7.23. The summed E-state index contributed by atoms with van der Waals surface area (Å²) in [7, 11) is 0. The van der Waals surface area contributed by atoms with E-state index in [2.05, 4.69) is 6.07 Å². The van der Waals surface area contributed by atoms with Gasteiger partial charge in [0.1, 0.15) is 40.2 Å². The third-order valence-corrected chi connectivity index (χ3v) is 10.4. The van der Waals surface area contributed by atoms with E-state index in [4.69, 9.17) is 15.7 Å². The molecule has 0 bridgehead atoms. The third kappa shape index (κ3) is 5.84. The number of carboxylic acids is 1. The van der Waals surface area contributed by atoms with Gasteiger partial charge in [0.05, 0.1) is 34.1 Å².